The van der Waals surface area contributed by atoms with Gasteiger partial charge in [-0.15, -0.1) is 0 Å². The molecule has 2 aromatic rings. The lowest BCUT2D eigenvalue weighted by molar-refractivity contribution is 0.0943. The minimum Gasteiger partial charge on any atom is -0.382 e. The molecular formula is C20H23FN2O3. The Labute approximate surface area is 152 Å². The van der Waals surface area contributed by atoms with Gasteiger partial charge in [-0.3, -0.25) is 9.59 Å². The van der Waals surface area contributed by atoms with Crippen molar-refractivity contribution >= 4 is 17.5 Å². The summed E-state index contributed by atoms with van der Waals surface area (Å²) in [5.74, 6) is -1.09. The number of hydrogen-bond donors (Lipinski definition) is 2. The van der Waals surface area contributed by atoms with Gasteiger partial charge in [0, 0.05) is 36.6 Å². The Bertz CT molecular complexity index is 777. The van der Waals surface area contributed by atoms with Crippen molar-refractivity contribution in [3.8, 4) is 0 Å². The van der Waals surface area contributed by atoms with Gasteiger partial charge < -0.3 is 15.4 Å². The van der Waals surface area contributed by atoms with Gasteiger partial charge in [-0.05, 0) is 56.2 Å². The van der Waals surface area contributed by atoms with Gasteiger partial charge in [-0.25, -0.2) is 4.39 Å². The topological polar surface area (TPSA) is 67.4 Å². The second-order valence-electron chi connectivity index (χ2n) is 5.81. The Morgan fingerprint density at radius 2 is 1.85 bits per heavy atom. The fourth-order valence-electron chi connectivity index (χ4n) is 2.30. The van der Waals surface area contributed by atoms with Crippen molar-refractivity contribution < 1.29 is 18.7 Å². The van der Waals surface area contributed by atoms with Gasteiger partial charge in [-0.2, -0.15) is 0 Å². The van der Waals surface area contributed by atoms with E-state index in [-0.39, 0.29) is 11.5 Å². The molecule has 0 bridgehead atoms. The molecule has 0 aromatic heterocycles. The molecule has 0 radical (unpaired) electrons. The molecule has 2 rings (SSSR count). The van der Waals surface area contributed by atoms with Crippen molar-refractivity contribution in [3.05, 3.63) is 65.0 Å². The summed E-state index contributed by atoms with van der Waals surface area (Å²) in [6, 6.07) is 10.9. The Morgan fingerprint density at radius 3 is 2.58 bits per heavy atom. The summed E-state index contributed by atoms with van der Waals surface area (Å²) in [4.78, 5) is 24.4. The van der Waals surface area contributed by atoms with Crippen LogP contribution in [0.4, 0.5) is 10.1 Å². The van der Waals surface area contributed by atoms with Crippen LogP contribution in [-0.4, -0.2) is 31.6 Å². The highest BCUT2D eigenvalue weighted by Gasteiger charge is 2.10. The average Bonchev–Trinajstić information content (AvgIpc) is 2.63. The van der Waals surface area contributed by atoms with Crippen LogP contribution < -0.4 is 10.6 Å². The van der Waals surface area contributed by atoms with Crippen LogP contribution in [0.15, 0.2) is 42.5 Å². The molecule has 138 valence electrons. The van der Waals surface area contributed by atoms with E-state index in [9.17, 15) is 14.0 Å². The lowest BCUT2D eigenvalue weighted by atomic mass is 10.1. The zero-order valence-electron chi connectivity index (χ0n) is 15.0. The number of rotatable bonds is 8. The van der Waals surface area contributed by atoms with Crippen LogP contribution >= 0.6 is 0 Å². The number of nitrogens with one attached hydrogen (secondary N) is 2. The van der Waals surface area contributed by atoms with Gasteiger partial charge in [0.05, 0.1) is 0 Å². The molecule has 2 N–H and O–H groups in total. The second kappa shape index (κ2) is 9.68. The highest BCUT2D eigenvalue weighted by Crippen LogP contribution is 2.14. The average molecular weight is 358 g/mol. The van der Waals surface area contributed by atoms with E-state index < -0.39 is 11.7 Å². The molecule has 0 unspecified atom stereocenters. The summed E-state index contributed by atoms with van der Waals surface area (Å²) >= 11 is 0. The van der Waals surface area contributed by atoms with Crippen LogP contribution in [0.5, 0.6) is 0 Å². The van der Waals surface area contributed by atoms with Gasteiger partial charge in [0.1, 0.15) is 5.82 Å². The minimum atomic E-state index is -0.433. The standard InChI is InChI=1S/C20H23FN2O3/c1-3-26-11-5-10-22-19(24)15-6-4-7-17(12-15)23-20(25)16-9-8-14(2)18(21)13-16/h4,6-9,12-13H,3,5,10-11H2,1-2H3,(H,22,24)(H,23,25). The largest absolute Gasteiger partial charge is 0.382 e. The monoisotopic (exact) mass is 358 g/mol. The number of anilines is 1. The van der Waals surface area contributed by atoms with Crippen molar-refractivity contribution in [1.29, 1.82) is 0 Å². The molecule has 2 amide bonds. The number of carbonyl (C=O) groups excluding carboxylic acids is 2. The van der Waals surface area contributed by atoms with Crippen LogP contribution in [0.3, 0.4) is 0 Å². The molecule has 5 nitrogen and oxygen atoms in total. The third kappa shape index (κ3) is 5.67. The Hall–Kier alpha value is -2.73. The Kier molecular flexibility index (Phi) is 7.29. The number of benzene rings is 2. The summed E-state index contributed by atoms with van der Waals surface area (Å²) in [6.45, 7) is 5.31. The summed E-state index contributed by atoms with van der Waals surface area (Å²) < 4.78 is 18.8. The van der Waals surface area contributed by atoms with E-state index in [0.29, 0.717) is 36.6 Å². The maximum absolute atomic E-state index is 13.6. The second-order valence-corrected chi connectivity index (χ2v) is 5.81. The smallest absolute Gasteiger partial charge is 0.255 e. The number of halogens is 1. The maximum atomic E-state index is 13.6. The van der Waals surface area contributed by atoms with Gasteiger partial charge >= 0.3 is 0 Å². The van der Waals surface area contributed by atoms with Crippen LogP contribution in [-0.2, 0) is 4.74 Å². The number of hydrogen-bond acceptors (Lipinski definition) is 3. The van der Waals surface area contributed by atoms with E-state index in [4.69, 9.17) is 4.74 Å². The van der Waals surface area contributed by atoms with Gasteiger partial charge in [-0.1, -0.05) is 12.1 Å². The van der Waals surface area contributed by atoms with E-state index >= 15 is 0 Å². The maximum Gasteiger partial charge on any atom is 0.255 e. The summed E-state index contributed by atoms with van der Waals surface area (Å²) in [6.07, 6.45) is 0.731. The number of carbonyl (C=O) groups is 2. The zero-order valence-corrected chi connectivity index (χ0v) is 15.0. The van der Waals surface area contributed by atoms with E-state index in [0.717, 1.165) is 6.42 Å². The lowest BCUT2D eigenvalue weighted by Crippen LogP contribution is -2.25. The third-order valence-corrected chi connectivity index (χ3v) is 3.77. The van der Waals surface area contributed by atoms with Crippen molar-refractivity contribution in [1.82, 2.24) is 5.32 Å². The summed E-state index contributed by atoms with van der Waals surface area (Å²) in [5.41, 5.74) is 1.61. The Balaban J connectivity index is 1.96. The highest BCUT2D eigenvalue weighted by atomic mass is 19.1. The first kappa shape index (κ1) is 19.6. The van der Waals surface area contributed by atoms with Gasteiger partial charge in [0.15, 0.2) is 0 Å². The molecule has 0 saturated heterocycles. The SMILES string of the molecule is CCOCCCNC(=O)c1cccc(NC(=O)c2ccc(C)c(F)c2)c1. The summed E-state index contributed by atoms with van der Waals surface area (Å²) in [7, 11) is 0. The molecule has 0 heterocycles. The van der Waals surface area contributed by atoms with Crippen molar-refractivity contribution in [2.24, 2.45) is 0 Å². The molecular weight excluding hydrogens is 335 g/mol. The highest BCUT2D eigenvalue weighted by molar-refractivity contribution is 6.05. The van der Waals surface area contributed by atoms with Crippen molar-refractivity contribution in [2.75, 3.05) is 25.1 Å². The van der Waals surface area contributed by atoms with Crippen molar-refractivity contribution in [3.63, 3.8) is 0 Å². The van der Waals surface area contributed by atoms with Gasteiger partial charge in [0.2, 0.25) is 0 Å². The van der Waals surface area contributed by atoms with Crippen LogP contribution in [0, 0.1) is 12.7 Å². The number of ether oxygens (including phenoxy) is 1. The predicted octanol–water partition coefficient (Wildman–Crippen LogP) is 3.54. The molecule has 0 fully saturated rings. The number of aryl methyl sites for hydroxylation is 1. The lowest BCUT2D eigenvalue weighted by Gasteiger charge is -2.09. The summed E-state index contributed by atoms with van der Waals surface area (Å²) in [5, 5.41) is 5.48. The molecule has 6 heteroatoms. The van der Waals surface area contributed by atoms with E-state index in [1.807, 2.05) is 6.92 Å². The first-order chi connectivity index (χ1) is 12.5. The first-order valence-corrected chi connectivity index (χ1v) is 8.54. The minimum absolute atomic E-state index is 0.221. The van der Waals surface area contributed by atoms with Gasteiger partial charge in [0.25, 0.3) is 11.8 Å². The zero-order chi connectivity index (χ0) is 18.9. The third-order valence-electron chi connectivity index (χ3n) is 3.77. The molecule has 26 heavy (non-hydrogen) atoms. The predicted molar refractivity (Wildman–Crippen MR) is 99.0 cm³/mol. The fraction of sp³-hybridized carbons (Fsp3) is 0.300. The molecule has 0 aliphatic heterocycles. The molecule has 0 aliphatic rings. The molecule has 0 atom stereocenters. The molecule has 2 aromatic carbocycles. The van der Waals surface area contributed by atoms with Crippen LogP contribution in [0.1, 0.15) is 39.6 Å². The van der Waals surface area contributed by atoms with E-state index in [1.165, 1.54) is 6.07 Å². The quantitative estimate of drug-likeness (QED) is 0.709. The molecule has 0 spiro atoms. The van der Waals surface area contributed by atoms with Crippen molar-refractivity contribution in [2.45, 2.75) is 20.3 Å². The Morgan fingerprint density at radius 1 is 1.08 bits per heavy atom. The molecule has 0 aliphatic carbocycles. The molecule has 0 saturated carbocycles. The fourth-order valence-corrected chi connectivity index (χ4v) is 2.30. The van der Waals surface area contributed by atoms with Crippen LogP contribution in [0.2, 0.25) is 0 Å². The van der Waals surface area contributed by atoms with E-state index in [2.05, 4.69) is 10.6 Å². The number of amides is 2. The normalized spacial score (nSPS) is 10.4. The van der Waals surface area contributed by atoms with Crippen LogP contribution in [0.25, 0.3) is 0 Å². The first-order valence-electron chi connectivity index (χ1n) is 8.54. The van der Waals surface area contributed by atoms with E-state index in [1.54, 1.807) is 43.3 Å².